The van der Waals surface area contributed by atoms with Crippen LogP contribution in [0.3, 0.4) is 0 Å². The summed E-state index contributed by atoms with van der Waals surface area (Å²) in [6, 6.07) is 1.29. The molecule has 0 atom stereocenters. The highest BCUT2D eigenvalue weighted by Gasteiger charge is 2.16. The molecule has 0 saturated heterocycles. The third kappa shape index (κ3) is 2.83. The molecule has 0 aromatic heterocycles. The summed E-state index contributed by atoms with van der Waals surface area (Å²) in [7, 11) is 0. The predicted octanol–water partition coefficient (Wildman–Crippen LogP) is 2.27. The summed E-state index contributed by atoms with van der Waals surface area (Å²) in [4.78, 5) is 9.48. The molecule has 0 unspecified atom stereocenters. The molecule has 1 N–H and O–H groups in total. The van der Waals surface area contributed by atoms with Gasteiger partial charge in [0, 0.05) is 24.3 Å². The second-order valence-electron chi connectivity index (χ2n) is 3.00. The molecule has 0 radical (unpaired) electrons. The van der Waals surface area contributed by atoms with Gasteiger partial charge in [0.2, 0.25) is 5.82 Å². The van der Waals surface area contributed by atoms with Crippen LogP contribution in [0.1, 0.15) is 12.0 Å². The summed E-state index contributed by atoms with van der Waals surface area (Å²) in [6.07, 6.45) is 3.00. The van der Waals surface area contributed by atoms with Crippen molar-refractivity contribution in [2.24, 2.45) is 0 Å². The van der Waals surface area contributed by atoms with E-state index in [2.05, 4.69) is 0 Å². The van der Waals surface area contributed by atoms with Gasteiger partial charge in [-0.2, -0.15) is 4.39 Å². The number of aliphatic hydroxyl groups is 1. The van der Waals surface area contributed by atoms with Gasteiger partial charge in [-0.05, 0) is 6.42 Å². The van der Waals surface area contributed by atoms with Crippen LogP contribution in [-0.2, 0) is 0 Å². The van der Waals surface area contributed by atoms with E-state index in [0.29, 0.717) is 12.5 Å². The topological polar surface area (TPSA) is 63.4 Å². The largest absolute Gasteiger partial charge is 0.396 e. The van der Waals surface area contributed by atoms with Crippen molar-refractivity contribution in [2.75, 3.05) is 6.61 Å². The lowest BCUT2D eigenvalue weighted by atomic mass is 10.1. The van der Waals surface area contributed by atoms with Gasteiger partial charge in [-0.3, -0.25) is 10.1 Å². The molecule has 0 heterocycles. The quantitative estimate of drug-likeness (QED) is 0.636. The molecule has 1 aromatic rings. The Balaban J connectivity index is 3.09. The number of hydrogen-bond donors (Lipinski definition) is 1. The zero-order valence-electron chi connectivity index (χ0n) is 8.19. The number of benzene rings is 1. The minimum Gasteiger partial charge on any atom is -0.396 e. The van der Waals surface area contributed by atoms with Crippen LogP contribution in [-0.4, -0.2) is 16.6 Å². The van der Waals surface area contributed by atoms with E-state index in [1.54, 1.807) is 0 Å². The Labute approximate surface area is 90.0 Å². The summed E-state index contributed by atoms with van der Waals surface area (Å²) in [6.45, 7) is -0.110. The molecule has 0 spiro atoms. The molecule has 16 heavy (non-hydrogen) atoms. The van der Waals surface area contributed by atoms with Crippen LogP contribution in [0.4, 0.5) is 14.5 Å². The molecule has 1 rings (SSSR count). The first kappa shape index (κ1) is 12.3. The number of aliphatic hydroxyl groups excluding tert-OH is 1. The smallest absolute Gasteiger partial charge is 0.305 e. The molecular formula is C10H9F2NO3. The lowest BCUT2D eigenvalue weighted by molar-refractivity contribution is -0.387. The van der Waals surface area contributed by atoms with Crippen molar-refractivity contribution in [3.05, 3.63) is 45.5 Å². The molecule has 0 amide bonds. The number of rotatable bonds is 4. The van der Waals surface area contributed by atoms with E-state index in [9.17, 15) is 18.9 Å². The van der Waals surface area contributed by atoms with Gasteiger partial charge in [0.05, 0.1) is 4.92 Å². The molecule has 0 saturated carbocycles. The molecular weight excluding hydrogens is 220 g/mol. The fraction of sp³-hybridized carbons (Fsp3) is 0.200. The maximum atomic E-state index is 13.1. The van der Waals surface area contributed by atoms with Crippen molar-refractivity contribution in [1.29, 1.82) is 0 Å². The van der Waals surface area contributed by atoms with Gasteiger partial charge < -0.3 is 5.11 Å². The monoisotopic (exact) mass is 229 g/mol. The lowest BCUT2D eigenvalue weighted by Gasteiger charge is -1.98. The van der Waals surface area contributed by atoms with E-state index in [1.165, 1.54) is 12.2 Å². The number of halogens is 2. The van der Waals surface area contributed by atoms with E-state index in [4.69, 9.17) is 5.11 Å². The van der Waals surface area contributed by atoms with Crippen LogP contribution in [0, 0.1) is 21.7 Å². The van der Waals surface area contributed by atoms with Gasteiger partial charge in [0.15, 0.2) is 0 Å². The van der Waals surface area contributed by atoms with Gasteiger partial charge in [0.1, 0.15) is 5.82 Å². The number of hydrogen-bond acceptors (Lipinski definition) is 3. The lowest BCUT2D eigenvalue weighted by Crippen LogP contribution is -1.95. The molecule has 0 bridgehead atoms. The minimum atomic E-state index is -1.21. The Bertz CT molecular complexity index is 432. The summed E-state index contributed by atoms with van der Waals surface area (Å²) in [5.74, 6) is -2.08. The molecule has 6 heteroatoms. The van der Waals surface area contributed by atoms with Crippen LogP contribution in [0.2, 0.25) is 0 Å². The number of nitrogens with zero attached hydrogens (tertiary/aromatic N) is 1. The number of nitro benzene ring substituents is 1. The van der Waals surface area contributed by atoms with Crippen LogP contribution in [0.5, 0.6) is 0 Å². The van der Waals surface area contributed by atoms with Crippen LogP contribution in [0.15, 0.2) is 18.2 Å². The predicted molar refractivity (Wildman–Crippen MR) is 53.7 cm³/mol. The maximum absolute atomic E-state index is 13.1. The average molecular weight is 229 g/mol. The Morgan fingerprint density at radius 2 is 2.06 bits per heavy atom. The Kier molecular flexibility index (Phi) is 4.07. The van der Waals surface area contributed by atoms with E-state index in [-0.39, 0.29) is 12.2 Å². The van der Waals surface area contributed by atoms with Crippen molar-refractivity contribution in [3.8, 4) is 0 Å². The van der Waals surface area contributed by atoms with Crippen LogP contribution < -0.4 is 0 Å². The summed E-state index contributed by atoms with van der Waals surface area (Å²) < 4.78 is 26.1. The van der Waals surface area contributed by atoms with Gasteiger partial charge >= 0.3 is 5.69 Å². The maximum Gasteiger partial charge on any atom is 0.305 e. The van der Waals surface area contributed by atoms with E-state index < -0.39 is 22.2 Å². The first-order valence-corrected chi connectivity index (χ1v) is 4.47. The zero-order valence-corrected chi connectivity index (χ0v) is 8.19. The van der Waals surface area contributed by atoms with Crippen molar-refractivity contribution in [1.82, 2.24) is 0 Å². The van der Waals surface area contributed by atoms with Crippen molar-refractivity contribution >= 4 is 11.8 Å². The molecule has 0 aliphatic heterocycles. The van der Waals surface area contributed by atoms with E-state index in [0.717, 1.165) is 6.07 Å². The summed E-state index contributed by atoms with van der Waals surface area (Å²) >= 11 is 0. The first-order valence-electron chi connectivity index (χ1n) is 4.47. The highest BCUT2D eigenvalue weighted by Crippen LogP contribution is 2.22. The Morgan fingerprint density at radius 3 is 2.62 bits per heavy atom. The fourth-order valence-electron chi connectivity index (χ4n) is 1.11. The molecule has 0 fully saturated rings. The van der Waals surface area contributed by atoms with Crippen LogP contribution in [0.25, 0.3) is 6.08 Å². The average Bonchev–Trinajstić information content (AvgIpc) is 2.21. The molecule has 0 aliphatic carbocycles. The minimum absolute atomic E-state index is 0.0819. The molecule has 0 aliphatic rings. The van der Waals surface area contributed by atoms with Gasteiger partial charge in [-0.25, -0.2) is 4.39 Å². The Hall–Kier alpha value is -1.82. The van der Waals surface area contributed by atoms with Crippen molar-refractivity contribution in [3.63, 3.8) is 0 Å². The standard InChI is InChI=1S/C10H9F2NO3/c11-8-6-9(12)10(13(15)16)5-7(8)3-1-2-4-14/h1,3,5-6,14H,2,4H2. The second kappa shape index (κ2) is 5.32. The third-order valence-electron chi connectivity index (χ3n) is 1.86. The van der Waals surface area contributed by atoms with Crippen LogP contribution >= 0.6 is 0 Å². The van der Waals surface area contributed by atoms with E-state index in [1.807, 2.05) is 0 Å². The number of nitro groups is 1. The molecule has 4 nitrogen and oxygen atoms in total. The van der Waals surface area contributed by atoms with E-state index >= 15 is 0 Å². The van der Waals surface area contributed by atoms with Gasteiger partial charge in [0.25, 0.3) is 0 Å². The zero-order chi connectivity index (χ0) is 12.1. The molecule has 1 aromatic carbocycles. The summed E-state index contributed by atoms with van der Waals surface area (Å²) in [5.41, 5.74) is -0.855. The van der Waals surface area contributed by atoms with Crippen molar-refractivity contribution < 1.29 is 18.8 Å². The summed E-state index contributed by atoms with van der Waals surface area (Å²) in [5, 5.41) is 18.9. The molecule has 86 valence electrons. The van der Waals surface area contributed by atoms with Crippen molar-refractivity contribution in [2.45, 2.75) is 6.42 Å². The van der Waals surface area contributed by atoms with Gasteiger partial charge in [-0.1, -0.05) is 12.2 Å². The SMILES string of the molecule is O=[N+]([O-])c1cc(C=CCCO)c(F)cc1F. The first-order chi connectivity index (χ1) is 7.56. The highest BCUT2D eigenvalue weighted by atomic mass is 19.1. The Morgan fingerprint density at radius 1 is 1.38 bits per heavy atom. The second-order valence-corrected chi connectivity index (χ2v) is 3.00. The third-order valence-corrected chi connectivity index (χ3v) is 1.86. The van der Waals surface area contributed by atoms with Gasteiger partial charge in [-0.15, -0.1) is 0 Å². The fourth-order valence-corrected chi connectivity index (χ4v) is 1.11. The normalized spacial score (nSPS) is 10.9. The highest BCUT2D eigenvalue weighted by molar-refractivity contribution is 5.54.